The van der Waals surface area contributed by atoms with E-state index in [0.29, 0.717) is 6.61 Å². The topological polar surface area (TPSA) is 52.8 Å². The second-order valence-electron chi connectivity index (χ2n) is 7.48. The molecule has 3 aromatic heterocycles. The highest BCUT2D eigenvalue weighted by Gasteiger charge is 2.16. The number of aromatic nitrogens is 4. The van der Waals surface area contributed by atoms with Gasteiger partial charge in [-0.3, -0.25) is 9.67 Å². The summed E-state index contributed by atoms with van der Waals surface area (Å²) in [7, 11) is 1.97. The quantitative estimate of drug-likeness (QED) is 0.382. The Morgan fingerprint density at radius 3 is 2.42 bits per heavy atom. The van der Waals surface area contributed by atoms with Crippen LogP contribution in [0.1, 0.15) is 11.4 Å². The molecule has 152 valence electrons. The van der Waals surface area contributed by atoms with E-state index in [-0.39, 0.29) is 0 Å². The summed E-state index contributed by atoms with van der Waals surface area (Å²) >= 11 is 0. The maximum Gasteiger partial charge on any atom is 0.130 e. The van der Waals surface area contributed by atoms with E-state index in [1.54, 1.807) is 0 Å². The zero-order valence-electron chi connectivity index (χ0n) is 17.5. The van der Waals surface area contributed by atoms with Gasteiger partial charge in [-0.2, -0.15) is 5.10 Å². The Balaban J connectivity index is 1.37. The molecule has 0 fully saturated rings. The molecule has 0 unspecified atom stereocenters. The van der Waals surface area contributed by atoms with Gasteiger partial charge in [0.1, 0.15) is 18.1 Å². The fourth-order valence-corrected chi connectivity index (χ4v) is 3.73. The van der Waals surface area contributed by atoms with Gasteiger partial charge in [-0.15, -0.1) is 0 Å². The third-order valence-electron chi connectivity index (χ3n) is 5.47. The average molecular weight is 406 g/mol. The lowest BCUT2D eigenvalue weighted by molar-refractivity contribution is 0.302. The lowest BCUT2D eigenvalue weighted by Gasteiger charge is -2.08. The van der Waals surface area contributed by atoms with E-state index in [2.05, 4.69) is 41.2 Å². The molecular weight excluding hydrogens is 384 g/mol. The largest absolute Gasteiger partial charge is 0.487 e. The van der Waals surface area contributed by atoms with Crippen LogP contribution >= 0.6 is 0 Å². The number of hydrogen-bond acceptors (Lipinski definition) is 4. The number of ether oxygens (including phenoxy) is 1. The second-order valence-corrected chi connectivity index (χ2v) is 7.48. The predicted molar refractivity (Wildman–Crippen MR) is 123 cm³/mol. The first-order valence-electron chi connectivity index (χ1n) is 10.2. The van der Waals surface area contributed by atoms with Crippen molar-refractivity contribution < 1.29 is 4.74 Å². The molecule has 31 heavy (non-hydrogen) atoms. The van der Waals surface area contributed by atoms with Crippen molar-refractivity contribution in [2.45, 2.75) is 13.5 Å². The first kappa shape index (κ1) is 19.0. The van der Waals surface area contributed by atoms with Crippen LogP contribution in [0.3, 0.4) is 0 Å². The zero-order valence-corrected chi connectivity index (χ0v) is 17.5. The van der Waals surface area contributed by atoms with Crippen molar-refractivity contribution in [3.05, 3.63) is 96.6 Å². The third kappa shape index (κ3) is 3.78. The molecule has 0 N–H and O–H groups in total. The van der Waals surface area contributed by atoms with Crippen LogP contribution in [0.4, 0.5) is 0 Å². The van der Waals surface area contributed by atoms with E-state index < -0.39 is 0 Å². The van der Waals surface area contributed by atoms with Gasteiger partial charge < -0.3 is 4.74 Å². The van der Waals surface area contributed by atoms with Crippen LogP contribution in [-0.2, 0) is 13.7 Å². The summed E-state index contributed by atoms with van der Waals surface area (Å²) in [6.45, 7) is 2.51. The van der Waals surface area contributed by atoms with Gasteiger partial charge in [0.05, 0.1) is 11.2 Å². The summed E-state index contributed by atoms with van der Waals surface area (Å²) in [5.41, 5.74) is 7.23. The van der Waals surface area contributed by atoms with E-state index in [4.69, 9.17) is 9.84 Å². The smallest absolute Gasteiger partial charge is 0.130 e. The van der Waals surface area contributed by atoms with Gasteiger partial charge in [0.15, 0.2) is 0 Å². The van der Waals surface area contributed by atoms with Crippen molar-refractivity contribution >= 4 is 10.9 Å². The molecule has 5 nitrogen and oxygen atoms in total. The fourth-order valence-electron chi connectivity index (χ4n) is 3.73. The van der Waals surface area contributed by atoms with Gasteiger partial charge in [0.2, 0.25) is 0 Å². The summed E-state index contributed by atoms with van der Waals surface area (Å²) in [4.78, 5) is 8.80. The predicted octanol–water partition coefficient (Wildman–Crippen LogP) is 5.58. The summed E-state index contributed by atoms with van der Waals surface area (Å²) in [6, 6.07) is 24.3. The summed E-state index contributed by atoms with van der Waals surface area (Å²) in [5, 5.41) is 5.89. The Morgan fingerprint density at radius 2 is 1.61 bits per heavy atom. The number of para-hydroxylation sites is 1. The molecule has 0 radical (unpaired) electrons. The van der Waals surface area contributed by atoms with Gasteiger partial charge in [0, 0.05) is 41.6 Å². The number of fused-ring (bicyclic) bond motifs is 1. The summed E-state index contributed by atoms with van der Waals surface area (Å²) < 4.78 is 7.90. The molecule has 2 aromatic carbocycles. The fraction of sp³-hybridized carbons (Fsp3) is 0.115. The minimum Gasteiger partial charge on any atom is -0.487 e. The van der Waals surface area contributed by atoms with Crippen molar-refractivity contribution in [2.75, 3.05) is 0 Å². The molecule has 0 atom stereocenters. The molecule has 0 amide bonds. The van der Waals surface area contributed by atoms with Crippen LogP contribution in [0.15, 0.2) is 85.2 Å². The number of benzene rings is 2. The highest BCUT2D eigenvalue weighted by molar-refractivity contribution is 5.82. The van der Waals surface area contributed by atoms with E-state index in [1.165, 1.54) is 0 Å². The van der Waals surface area contributed by atoms with Crippen molar-refractivity contribution in [1.82, 2.24) is 19.7 Å². The number of rotatable bonds is 5. The summed E-state index contributed by atoms with van der Waals surface area (Å²) in [6.07, 6.45) is 3.62. The molecule has 5 heteroatoms. The molecule has 3 heterocycles. The van der Waals surface area contributed by atoms with Gasteiger partial charge >= 0.3 is 0 Å². The minimum atomic E-state index is 0.426. The van der Waals surface area contributed by atoms with Crippen LogP contribution in [0.2, 0.25) is 0 Å². The maximum absolute atomic E-state index is 5.98. The van der Waals surface area contributed by atoms with Crippen molar-refractivity contribution in [3.63, 3.8) is 0 Å². The molecular formula is C26H22N4O. The van der Waals surface area contributed by atoms with E-state index in [0.717, 1.165) is 50.4 Å². The molecule has 0 aliphatic carbocycles. The molecule has 0 saturated carbocycles. The van der Waals surface area contributed by atoms with Crippen molar-refractivity contribution in [3.8, 4) is 28.1 Å². The molecule has 0 aliphatic heterocycles. The highest BCUT2D eigenvalue weighted by atomic mass is 16.5. The lowest BCUT2D eigenvalue weighted by atomic mass is 10.00. The van der Waals surface area contributed by atoms with E-state index in [1.807, 2.05) is 72.7 Å². The Labute approximate surface area is 181 Å². The van der Waals surface area contributed by atoms with Crippen molar-refractivity contribution in [2.24, 2.45) is 7.05 Å². The van der Waals surface area contributed by atoms with Gasteiger partial charge in [-0.05, 0) is 61.0 Å². The second kappa shape index (κ2) is 8.03. The number of aryl methyl sites for hydroxylation is 1. The molecule has 0 aliphatic rings. The normalized spacial score (nSPS) is 11.0. The van der Waals surface area contributed by atoms with Crippen LogP contribution in [-0.4, -0.2) is 19.7 Å². The first-order chi connectivity index (χ1) is 15.2. The third-order valence-corrected chi connectivity index (χ3v) is 5.47. The lowest BCUT2D eigenvalue weighted by Crippen LogP contribution is -1.98. The van der Waals surface area contributed by atoms with E-state index in [9.17, 15) is 0 Å². The minimum absolute atomic E-state index is 0.426. The zero-order chi connectivity index (χ0) is 21.2. The van der Waals surface area contributed by atoms with Crippen LogP contribution < -0.4 is 4.74 Å². The molecule has 5 rings (SSSR count). The number of hydrogen-bond donors (Lipinski definition) is 0. The van der Waals surface area contributed by atoms with Crippen LogP contribution in [0.5, 0.6) is 5.75 Å². The molecule has 0 spiro atoms. The standard InChI is InChI=1S/C26H22N4O/c1-18-25(20-13-15-27-16-14-20)26(29-30(18)2)21-8-11-23(12-9-21)31-17-22-10-7-19-5-3-4-6-24(19)28-22/h3-16H,17H2,1-2H3. The molecule has 0 saturated heterocycles. The molecule has 0 bridgehead atoms. The Bertz CT molecular complexity index is 1340. The van der Waals surface area contributed by atoms with Gasteiger partial charge in [-0.25, -0.2) is 4.98 Å². The van der Waals surface area contributed by atoms with Crippen LogP contribution in [0.25, 0.3) is 33.3 Å². The van der Waals surface area contributed by atoms with Gasteiger partial charge in [-0.1, -0.05) is 24.3 Å². The highest BCUT2D eigenvalue weighted by Crippen LogP contribution is 2.34. The number of pyridine rings is 2. The van der Waals surface area contributed by atoms with Gasteiger partial charge in [0.25, 0.3) is 0 Å². The number of nitrogens with zero attached hydrogens (tertiary/aromatic N) is 4. The van der Waals surface area contributed by atoms with Crippen molar-refractivity contribution in [1.29, 1.82) is 0 Å². The van der Waals surface area contributed by atoms with E-state index >= 15 is 0 Å². The molecule has 5 aromatic rings. The Hall–Kier alpha value is -3.99. The Morgan fingerprint density at radius 1 is 0.839 bits per heavy atom. The SMILES string of the molecule is Cc1c(-c2ccncc2)c(-c2ccc(OCc3ccc4ccccc4n3)cc2)nn1C. The average Bonchev–Trinajstić information content (AvgIpc) is 3.12. The summed E-state index contributed by atoms with van der Waals surface area (Å²) in [5.74, 6) is 0.803. The monoisotopic (exact) mass is 406 g/mol. The first-order valence-corrected chi connectivity index (χ1v) is 10.2. The maximum atomic E-state index is 5.98. The van der Waals surface area contributed by atoms with Crippen LogP contribution in [0, 0.1) is 6.92 Å². The Kier molecular flexibility index (Phi) is 4.92.